The molecule has 35 heavy (non-hydrogen) atoms. The molecular formula is C26H23N5O4. The monoisotopic (exact) mass is 469 g/mol. The van der Waals surface area contributed by atoms with Gasteiger partial charge < -0.3 is 14.0 Å². The number of nitrogens with zero attached hydrogens (tertiary/aromatic N) is 5. The van der Waals surface area contributed by atoms with Crippen LogP contribution in [0.5, 0.6) is 5.75 Å². The number of ether oxygens (including phenoxy) is 2. The van der Waals surface area contributed by atoms with Crippen molar-refractivity contribution >= 4 is 22.6 Å². The third kappa shape index (κ3) is 4.09. The lowest BCUT2D eigenvalue weighted by Gasteiger charge is -2.17. The molecule has 1 aliphatic heterocycles. The van der Waals surface area contributed by atoms with Crippen molar-refractivity contribution in [3.05, 3.63) is 81.2 Å². The summed E-state index contributed by atoms with van der Waals surface area (Å²) in [4.78, 5) is 35.6. The van der Waals surface area contributed by atoms with E-state index in [1.165, 1.54) is 10.5 Å². The number of pyridine rings is 2. The van der Waals surface area contributed by atoms with Crippen LogP contribution in [0.1, 0.15) is 34.3 Å². The van der Waals surface area contributed by atoms with Crippen LogP contribution in [-0.4, -0.2) is 39.7 Å². The highest BCUT2D eigenvalue weighted by atomic mass is 16.5. The van der Waals surface area contributed by atoms with Gasteiger partial charge in [-0.1, -0.05) is 6.07 Å². The molecule has 0 radical (unpaired) electrons. The first kappa shape index (κ1) is 22.5. The summed E-state index contributed by atoms with van der Waals surface area (Å²) in [5.74, 6) is 0.101. The van der Waals surface area contributed by atoms with Gasteiger partial charge in [0.15, 0.2) is 5.49 Å². The van der Waals surface area contributed by atoms with E-state index in [1.807, 2.05) is 13.0 Å². The van der Waals surface area contributed by atoms with Gasteiger partial charge in [0, 0.05) is 18.4 Å². The van der Waals surface area contributed by atoms with E-state index >= 15 is 0 Å². The largest absolute Gasteiger partial charge is 0.497 e. The Morgan fingerprint density at radius 2 is 2.09 bits per heavy atom. The molecule has 0 spiro atoms. The smallest absolute Gasteiger partial charge is 0.278 e. The maximum Gasteiger partial charge on any atom is 0.278 e. The summed E-state index contributed by atoms with van der Waals surface area (Å²) in [6.07, 6.45) is 3.25. The number of aromatic nitrogens is 3. The number of rotatable bonds is 4. The molecule has 4 aromatic rings. The molecule has 0 bridgehead atoms. The molecule has 1 unspecified atom stereocenters. The van der Waals surface area contributed by atoms with Gasteiger partial charge in [0.2, 0.25) is 0 Å². The van der Waals surface area contributed by atoms with Gasteiger partial charge in [-0.25, -0.2) is 4.98 Å². The highest BCUT2D eigenvalue weighted by Crippen LogP contribution is 2.18. The van der Waals surface area contributed by atoms with Crippen molar-refractivity contribution in [3.8, 4) is 11.8 Å². The lowest BCUT2D eigenvalue weighted by Crippen LogP contribution is -2.33. The van der Waals surface area contributed by atoms with Gasteiger partial charge in [-0.15, -0.1) is 0 Å². The Labute approximate surface area is 200 Å². The Kier molecular flexibility index (Phi) is 5.89. The molecule has 1 amide bonds. The SMILES string of the molecule is COc1ccc(C(=O)N=c2c(C#N)cc3c(=O)n4cccc(C)c4nc3n2CC2CCCO2)cc1. The van der Waals surface area contributed by atoms with Gasteiger partial charge in [0.1, 0.15) is 23.1 Å². The fraction of sp³-hybridized carbons (Fsp3) is 0.269. The van der Waals surface area contributed by atoms with Crippen LogP contribution >= 0.6 is 0 Å². The zero-order valence-electron chi connectivity index (χ0n) is 19.4. The maximum atomic E-state index is 13.4. The van der Waals surface area contributed by atoms with Gasteiger partial charge >= 0.3 is 0 Å². The van der Waals surface area contributed by atoms with Crippen LogP contribution in [0, 0.1) is 18.3 Å². The fourth-order valence-corrected chi connectivity index (χ4v) is 4.35. The van der Waals surface area contributed by atoms with Crippen molar-refractivity contribution in [2.75, 3.05) is 13.7 Å². The molecule has 0 aliphatic carbocycles. The highest BCUT2D eigenvalue weighted by molar-refractivity contribution is 5.95. The lowest BCUT2D eigenvalue weighted by atomic mass is 10.1. The number of nitriles is 1. The van der Waals surface area contributed by atoms with Crippen molar-refractivity contribution in [2.24, 2.45) is 4.99 Å². The Bertz CT molecular complexity index is 1620. The molecule has 1 aromatic carbocycles. The second-order valence-corrected chi connectivity index (χ2v) is 8.42. The molecule has 9 nitrogen and oxygen atoms in total. The van der Waals surface area contributed by atoms with Gasteiger partial charge in [-0.3, -0.25) is 14.0 Å². The zero-order chi connectivity index (χ0) is 24.5. The Morgan fingerprint density at radius 3 is 2.77 bits per heavy atom. The highest BCUT2D eigenvalue weighted by Gasteiger charge is 2.21. The van der Waals surface area contributed by atoms with E-state index in [0.29, 0.717) is 35.8 Å². The molecule has 3 aromatic heterocycles. The predicted molar refractivity (Wildman–Crippen MR) is 128 cm³/mol. The van der Waals surface area contributed by atoms with E-state index in [4.69, 9.17) is 14.5 Å². The Balaban J connectivity index is 1.81. The molecule has 1 fully saturated rings. The second kappa shape index (κ2) is 9.16. The molecule has 1 aliphatic rings. The quantitative estimate of drug-likeness (QED) is 0.425. The molecule has 1 saturated heterocycles. The average molecular weight is 470 g/mol. The van der Waals surface area contributed by atoms with E-state index in [0.717, 1.165) is 18.4 Å². The third-order valence-corrected chi connectivity index (χ3v) is 6.18. The molecule has 0 saturated carbocycles. The number of amides is 1. The van der Waals surface area contributed by atoms with Crippen LogP contribution in [0.25, 0.3) is 16.7 Å². The molecule has 4 heterocycles. The topological polar surface area (TPSA) is 111 Å². The van der Waals surface area contributed by atoms with E-state index in [1.54, 1.807) is 48.2 Å². The summed E-state index contributed by atoms with van der Waals surface area (Å²) in [5, 5.41) is 10.2. The molecule has 0 N–H and O–H groups in total. The number of hydrogen-bond donors (Lipinski definition) is 0. The summed E-state index contributed by atoms with van der Waals surface area (Å²) in [6, 6.07) is 13.8. The molecule has 176 valence electrons. The third-order valence-electron chi connectivity index (χ3n) is 6.18. The van der Waals surface area contributed by atoms with Crippen LogP contribution in [0.3, 0.4) is 0 Å². The van der Waals surface area contributed by atoms with Gasteiger partial charge in [0.25, 0.3) is 11.5 Å². The summed E-state index contributed by atoms with van der Waals surface area (Å²) in [5.41, 5.74) is 2.01. The van der Waals surface area contributed by atoms with Crippen molar-refractivity contribution < 1.29 is 14.3 Å². The molecule has 1 atom stereocenters. The van der Waals surface area contributed by atoms with E-state index in [2.05, 4.69) is 11.1 Å². The minimum atomic E-state index is -0.515. The number of methoxy groups -OCH3 is 1. The van der Waals surface area contributed by atoms with Crippen LogP contribution in [0.15, 0.2) is 58.4 Å². The minimum Gasteiger partial charge on any atom is -0.497 e. The Hall–Kier alpha value is -4.29. The Morgan fingerprint density at radius 1 is 1.29 bits per heavy atom. The number of fused-ring (bicyclic) bond motifs is 2. The standard InChI is InChI=1S/C26H23N5O4/c1-16-5-3-11-30-22(16)28-24-21(26(30)33)13-18(14-27)23(31(24)15-20-6-4-12-35-20)29-25(32)17-7-9-19(34-2)10-8-17/h3,5,7-11,13,20H,4,6,12,15H2,1-2H3. The summed E-state index contributed by atoms with van der Waals surface area (Å²) >= 11 is 0. The predicted octanol–water partition coefficient (Wildman–Crippen LogP) is 2.76. The molecule has 9 heteroatoms. The summed E-state index contributed by atoms with van der Waals surface area (Å²) in [7, 11) is 1.55. The van der Waals surface area contributed by atoms with Crippen molar-refractivity contribution in [1.29, 1.82) is 5.26 Å². The van der Waals surface area contributed by atoms with E-state index in [-0.39, 0.29) is 28.1 Å². The fourth-order valence-electron chi connectivity index (χ4n) is 4.35. The number of carbonyl (C=O) groups excluding carboxylic acids is 1. The molecular weight excluding hydrogens is 446 g/mol. The normalized spacial score (nSPS) is 16.0. The minimum absolute atomic E-state index is 0.115. The van der Waals surface area contributed by atoms with Crippen LogP contribution in [0.2, 0.25) is 0 Å². The van der Waals surface area contributed by atoms with Crippen molar-refractivity contribution in [3.63, 3.8) is 0 Å². The first-order valence-corrected chi connectivity index (χ1v) is 11.3. The summed E-state index contributed by atoms with van der Waals surface area (Å²) < 4.78 is 14.1. The van der Waals surface area contributed by atoms with E-state index in [9.17, 15) is 14.9 Å². The summed E-state index contributed by atoms with van der Waals surface area (Å²) in [6.45, 7) is 2.83. The lowest BCUT2D eigenvalue weighted by molar-refractivity contribution is 0.0952. The zero-order valence-corrected chi connectivity index (χ0v) is 19.4. The van der Waals surface area contributed by atoms with Gasteiger partial charge in [-0.2, -0.15) is 10.3 Å². The number of hydrogen-bond acceptors (Lipinski definition) is 6. The first-order chi connectivity index (χ1) is 17.0. The van der Waals surface area contributed by atoms with Crippen molar-refractivity contribution in [2.45, 2.75) is 32.4 Å². The maximum absolute atomic E-state index is 13.4. The van der Waals surface area contributed by atoms with Crippen LogP contribution in [0.4, 0.5) is 0 Å². The second-order valence-electron chi connectivity index (χ2n) is 8.42. The molecule has 5 rings (SSSR count). The number of aryl methyl sites for hydroxylation is 1. The van der Waals surface area contributed by atoms with Crippen molar-refractivity contribution in [1.82, 2.24) is 14.0 Å². The number of carbonyl (C=O) groups is 1. The van der Waals surface area contributed by atoms with Gasteiger partial charge in [0.05, 0.1) is 30.7 Å². The number of benzene rings is 1. The van der Waals surface area contributed by atoms with Gasteiger partial charge in [-0.05, 0) is 61.7 Å². The van der Waals surface area contributed by atoms with Crippen LogP contribution in [-0.2, 0) is 11.3 Å². The van der Waals surface area contributed by atoms with E-state index < -0.39 is 5.91 Å². The van der Waals surface area contributed by atoms with Crippen LogP contribution < -0.4 is 15.8 Å². The average Bonchev–Trinajstić information content (AvgIpc) is 3.39. The first-order valence-electron chi connectivity index (χ1n) is 11.3.